The predicted molar refractivity (Wildman–Crippen MR) is 84.5 cm³/mol. The van der Waals surface area contributed by atoms with Crippen molar-refractivity contribution in [1.82, 2.24) is 4.90 Å². The van der Waals surface area contributed by atoms with E-state index in [0.29, 0.717) is 23.7 Å². The van der Waals surface area contributed by atoms with Gasteiger partial charge in [-0.3, -0.25) is 9.69 Å². The number of nitrogen functional groups attached to an aromatic ring is 1. The van der Waals surface area contributed by atoms with Gasteiger partial charge in [-0.1, -0.05) is 13.3 Å². The van der Waals surface area contributed by atoms with Crippen LogP contribution in [0.25, 0.3) is 0 Å². The van der Waals surface area contributed by atoms with Crippen molar-refractivity contribution in [3.63, 3.8) is 0 Å². The van der Waals surface area contributed by atoms with Gasteiger partial charge in [0.25, 0.3) is 0 Å². The molecule has 0 aromatic heterocycles. The molecule has 6 heteroatoms. The van der Waals surface area contributed by atoms with Crippen molar-refractivity contribution in [3.05, 3.63) is 18.2 Å². The van der Waals surface area contributed by atoms with E-state index in [4.69, 9.17) is 15.6 Å². The van der Waals surface area contributed by atoms with E-state index in [-0.39, 0.29) is 19.1 Å². The number of hydrogen-bond acceptors (Lipinski definition) is 5. The average molecular weight is 295 g/mol. The van der Waals surface area contributed by atoms with Gasteiger partial charge in [-0.05, 0) is 31.2 Å². The molecule has 1 aromatic carbocycles. The molecule has 0 saturated heterocycles. The topological polar surface area (TPSA) is 87.8 Å². The first-order chi connectivity index (χ1) is 10.1. The molecule has 118 valence electrons. The summed E-state index contributed by atoms with van der Waals surface area (Å²) in [6, 6.07) is 5.10. The average Bonchev–Trinajstić information content (AvgIpc) is 2.45. The molecule has 21 heavy (non-hydrogen) atoms. The lowest BCUT2D eigenvalue weighted by Crippen LogP contribution is -2.36. The van der Waals surface area contributed by atoms with Gasteiger partial charge >= 0.3 is 0 Å². The van der Waals surface area contributed by atoms with Crippen molar-refractivity contribution >= 4 is 17.3 Å². The van der Waals surface area contributed by atoms with Crippen molar-refractivity contribution in [2.24, 2.45) is 0 Å². The number of carbonyl (C=O) groups excluding carboxylic acids is 1. The Morgan fingerprint density at radius 3 is 2.81 bits per heavy atom. The molecule has 4 N–H and O–H groups in total. The molecule has 6 nitrogen and oxygen atoms in total. The van der Waals surface area contributed by atoms with E-state index in [9.17, 15) is 4.79 Å². The maximum Gasteiger partial charge on any atom is 0.238 e. The first-order valence-corrected chi connectivity index (χ1v) is 7.17. The second-order valence-corrected chi connectivity index (χ2v) is 4.86. The molecule has 0 bridgehead atoms. The highest BCUT2D eigenvalue weighted by molar-refractivity contribution is 5.94. The van der Waals surface area contributed by atoms with Gasteiger partial charge in [0.15, 0.2) is 0 Å². The van der Waals surface area contributed by atoms with E-state index in [1.165, 1.54) is 0 Å². The number of aliphatic hydroxyl groups is 1. The van der Waals surface area contributed by atoms with E-state index in [2.05, 4.69) is 12.2 Å². The quantitative estimate of drug-likeness (QED) is 0.598. The number of nitrogens with zero attached hydrogens (tertiary/aromatic N) is 1. The molecule has 0 spiro atoms. The van der Waals surface area contributed by atoms with E-state index in [1.807, 2.05) is 4.90 Å². The van der Waals surface area contributed by atoms with Crippen LogP contribution in [-0.2, 0) is 4.79 Å². The normalized spacial score (nSPS) is 10.7. The number of aliphatic hydroxyl groups excluding tert-OH is 1. The lowest BCUT2D eigenvalue weighted by molar-refractivity contribution is -0.117. The van der Waals surface area contributed by atoms with Gasteiger partial charge in [-0.2, -0.15) is 0 Å². The monoisotopic (exact) mass is 295 g/mol. The Bertz CT molecular complexity index is 452. The van der Waals surface area contributed by atoms with Gasteiger partial charge in [0.1, 0.15) is 5.75 Å². The van der Waals surface area contributed by atoms with E-state index in [0.717, 1.165) is 19.4 Å². The first kappa shape index (κ1) is 17.3. The second kappa shape index (κ2) is 9.20. The Kier molecular flexibility index (Phi) is 7.56. The molecule has 0 atom stereocenters. The third kappa shape index (κ3) is 6.01. The lowest BCUT2D eigenvalue weighted by Gasteiger charge is -2.20. The summed E-state index contributed by atoms with van der Waals surface area (Å²) in [4.78, 5) is 14.0. The number of anilines is 2. The molecular weight excluding hydrogens is 270 g/mol. The fourth-order valence-electron chi connectivity index (χ4n) is 2.01. The van der Waals surface area contributed by atoms with Crippen molar-refractivity contribution in [1.29, 1.82) is 0 Å². The zero-order chi connectivity index (χ0) is 15.7. The summed E-state index contributed by atoms with van der Waals surface area (Å²) in [5, 5.41) is 11.8. The number of amides is 1. The van der Waals surface area contributed by atoms with E-state index < -0.39 is 0 Å². The largest absolute Gasteiger partial charge is 0.495 e. The van der Waals surface area contributed by atoms with Gasteiger partial charge in [0.05, 0.1) is 25.9 Å². The maximum atomic E-state index is 12.1. The minimum absolute atomic E-state index is 0.0403. The van der Waals surface area contributed by atoms with Crippen LogP contribution in [0, 0.1) is 0 Å². The fraction of sp³-hybridized carbons (Fsp3) is 0.533. The molecule has 0 fully saturated rings. The minimum atomic E-state index is -0.150. The first-order valence-electron chi connectivity index (χ1n) is 7.17. The van der Waals surface area contributed by atoms with Gasteiger partial charge in [-0.25, -0.2) is 0 Å². The molecule has 0 unspecified atom stereocenters. The van der Waals surface area contributed by atoms with Crippen LogP contribution in [-0.4, -0.2) is 49.3 Å². The SMILES string of the molecule is CCCCN(CCO)CC(=O)Nc1cc(N)ccc1OC. The molecule has 1 amide bonds. The Hall–Kier alpha value is -1.79. The van der Waals surface area contributed by atoms with Crippen LogP contribution in [0.5, 0.6) is 5.75 Å². The van der Waals surface area contributed by atoms with Gasteiger partial charge < -0.3 is 20.9 Å². The number of hydrogen-bond donors (Lipinski definition) is 3. The van der Waals surface area contributed by atoms with Crippen LogP contribution >= 0.6 is 0 Å². The van der Waals surface area contributed by atoms with Crippen LogP contribution in [0.15, 0.2) is 18.2 Å². The van der Waals surface area contributed by atoms with Gasteiger partial charge in [0.2, 0.25) is 5.91 Å². The molecular formula is C15H25N3O3. The third-order valence-electron chi connectivity index (χ3n) is 3.11. The van der Waals surface area contributed by atoms with Crippen molar-refractivity contribution in [3.8, 4) is 5.75 Å². The summed E-state index contributed by atoms with van der Waals surface area (Å²) in [6.45, 7) is 3.64. The zero-order valence-electron chi connectivity index (χ0n) is 12.8. The van der Waals surface area contributed by atoms with Crippen LogP contribution in [0.3, 0.4) is 0 Å². The highest BCUT2D eigenvalue weighted by atomic mass is 16.5. The smallest absolute Gasteiger partial charge is 0.238 e. The van der Waals surface area contributed by atoms with Crippen LogP contribution in [0.2, 0.25) is 0 Å². The van der Waals surface area contributed by atoms with Gasteiger partial charge in [0, 0.05) is 12.2 Å². The summed E-state index contributed by atoms with van der Waals surface area (Å²) in [5.41, 5.74) is 6.84. The summed E-state index contributed by atoms with van der Waals surface area (Å²) in [6.07, 6.45) is 2.04. The molecule has 0 aliphatic heterocycles. The zero-order valence-corrected chi connectivity index (χ0v) is 12.8. The number of nitrogens with two attached hydrogens (primary N) is 1. The fourth-order valence-corrected chi connectivity index (χ4v) is 2.01. The van der Waals surface area contributed by atoms with E-state index >= 15 is 0 Å². The summed E-state index contributed by atoms with van der Waals surface area (Å²) < 4.78 is 5.19. The summed E-state index contributed by atoms with van der Waals surface area (Å²) in [7, 11) is 1.54. The van der Waals surface area contributed by atoms with E-state index in [1.54, 1.807) is 25.3 Å². The Labute approximate surface area is 125 Å². The Balaban J connectivity index is 2.64. The van der Waals surface area contributed by atoms with Crippen LogP contribution in [0.1, 0.15) is 19.8 Å². The second-order valence-electron chi connectivity index (χ2n) is 4.86. The highest BCUT2D eigenvalue weighted by Crippen LogP contribution is 2.26. The maximum absolute atomic E-state index is 12.1. The number of unbranched alkanes of at least 4 members (excludes halogenated alkanes) is 1. The standard InChI is InChI=1S/C15H25N3O3/c1-3-4-7-18(8-9-19)11-15(20)17-13-10-12(16)5-6-14(13)21-2/h5-6,10,19H,3-4,7-9,11,16H2,1-2H3,(H,17,20). The highest BCUT2D eigenvalue weighted by Gasteiger charge is 2.12. The van der Waals surface area contributed by atoms with Crippen molar-refractivity contribution in [2.45, 2.75) is 19.8 Å². The number of benzene rings is 1. The number of rotatable bonds is 9. The molecule has 0 aliphatic carbocycles. The lowest BCUT2D eigenvalue weighted by atomic mass is 10.2. The summed E-state index contributed by atoms with van der Waals surface area (Å²) >= 11 is 0. The molecule has 1 aromatic rings. The minimum Gasteiger partial charge on any atom is -0.495 e. The number of ether oxygens (including phenoxy) is 1. The third-order valence-corrected chi connectivity index (χ3v) is 3.11. The Morgan fingerprint density at radius 2 is 2.19 bits per heavy atom. The predicted octanol–water partition coefficient (Wildman–Crippen LogP) is 1.31. The van der Waals surface area contributed by atoms with Crippen molar-refractivity contribution < 1.29 is 14.6 Å². The molecule has 0 saturated carbocycles. The molecule has 0 aliphatic rings. The van der Waals surface area contributed by atoms with Gasteiger partial charge in [-0.15, -0.1) is 0 Å². The van der Waals surface area contributed by atoms with Crippen LogP contribution < -0.4 is 15.8 Å². The number of methoxy groups -OCH3 is 1. The molecule has 0 heterocycles. The molecule has 1 rings (SSSR count). The summed E-state index contributed by atoms with van der Waals surface area (Å²) in [5.74, 6) is 0.420. The Morgan fingerprint density at radius 1 is 1.43 bits per heavy atom. The van der Waals surface area contributed by atoms with Crippen molar-refractivity contribution in [2.75, 3.05) is 44.4 Å². The van der Waals surface area contributed by atoms with Crippen LogP contribution in [0.4, 0.5) is 11.4 Å². The number of nitrogens with one attached hydrogen (secondary N) is 1. The molecule has 0 radical (unpaired) electrons. The number of carbonyl (C=O) groups is 1.